The van der Waals surface area contributed by atoms with Crippen LogP contribution in [0.4, 0.5) is 4.79 Å². The molecule has 5 rings (SSSR count). The van der Waals surface area contributed by atoms with E-state index in [0.29, 0.717) is 23.3 Å². The summed E-state index contributed by atoms with van der Waals surface area (Å²) in [5, 5.41) is 3.76. The highest BCUT2D eigenvalue weighted by Crippen LogP contribution is 2.42. The Balaban J connectivity index is 1.17. The lowest BCUT2D eigenvalue weighted by atomic mass is 9.80. The molecule has 8 heteroatoms. The third kappa shape index (κ3) is 5.15. The van der Waals surface area contributed by atoms with Gasteiger partial charge in [0.15, 0.2) is 0 Å². The molecule has 0 N–H and O–H groups in total. The maximum Gasteiger partial charge on any atom is 0.410 e. The summed E-state index contributed by atoms with van der Waals surface area (Å²) < 4.78 is 11.4. The van der Waals surface area contributed by atoms with Gasteiger partial charge < -0.3 is 19.1 Å². The Labute approximate surface area is 215 Å². The van der Waals surface area contributed by atoms with Crippen molar-refractivity contribution in [2.24, 2.45) is 5.92 Å². The third-order valence-corrected chi connectivity index (χ3v) is 9.41. The summed E-state index contributed by atoms with van der Waals surface area (Å²) in [6.45, 7) is 8.37. The van der Waals surface area contributed by atoms with Crippen LogP contribution in [0.15, 0.2) is 10.7 Å². The van der Waals surface area contributed by atoms with Gasteiger partial charge in [-0.15, -0.1) is 0 Å². The highest BCUT2D eigenvalue weighted by Gasteiger charge is 2.55. The first-order valence-electron chi connectivity index (χ1n) is 14.4. The van der Waals surface area contributed by atoms with Crippen LogP contribution < -0.4 is 0 Å². The minimum Gasteiger partial charge on any atom is -0.440 e. The van der Waals surface area contributed by atoms with Crippen LogP contribution in [0.5, 0.6) is 0 Å². The van der Waals surface area contributed by atoms with E-state index in [0.717, 1.165) is 77.7 Å². The number of amides is 2. The van der Waals surface area contributed by atoms with Gasteiger partial charge in [0, 0.05) is 51.6 Å². The molecule has 4 aliphatic rings. The first-order chi connectivity index (χ1) is 17.5. The lowest BCUT2D eigenvalue weighted by Crippen LogP contribution is -2.56. The van der Waals surface area contributed by atoms with Gasteiger partial charge in [-0.1, -0.05) is 44.2 Å². The number of aromatic nitrogens is 1. The Hall–Kier alpha value is -2.09. The molecule has 1 aromatic heterocycles. The number of unbranched alkanes of at least 4 members (excludes halogenated alkanes) is 1. The van der Waals surface area contributed by atoms with Crippen LogP contribution in [0, 0.1) is 12.8 Å². The van der Waals surface area contributed by atoms with Crippen LogP contribution >= 0.6 is 0 Å². The SMILES string of the molecule is CCCCC1N(CC2CCCCC2)C(=O)OC12CCN(C1CCN(C(=O)c3cnoc3C)CC1)CC2. The molecule has 36 heavy (non-hydrogen) atoms. The van der Waals surface area contributed by atoms with E-state index in [1.165, 1.54) is 38.3 Å². The molecule has 4 fully saturated rings. The molecule has 1 aliphatic carbocycles. The van der Waals surface area contributed by atoms with Crippen LogP contribution in [-0.2, 0) is 4.74 Å². The Bertz CT molecular complexity index is 895. The van der Waals surface area contributed by atoms with Crippen LogP contribution in [0.3, 0.4) is 0 Å². The molecule has 8 nitrogen and oxygen atoms in total. The number of rotatable bonds is 7. The molecular weight excluding hydrogens is 456 g/mol. The van der Waals surface area contributed by atoms with Gasteiger partial charge in [-0.2, -0.15) is 0 Å². The number of hydrogen-bond donors (Lipinski definition) is 0. The van der Waals surface area contributed by atoms with Gasteiger partial charge in [-0.05, 0) is 44.9 Å². The van der Waals surface area contributed by atoms with E-state index >= 15 is 0 Å². The summed E-state index contributed by atoms with van der Waals surface area (Å²) in [4.78, 5) is 32.6. The van der Waals surface area contributed by atoms with Crippen LogP contribution in [0.1, 0.15) is 100 Å². The Morgan fingerprint density at radius 2 is 1.81 bits per heavy atom. The van der Waals surface area contributed by atoms with Crippen molar-refractivity contribution in [3.05, 3.63) is 17.5 Å². The zero-order valence-corrected chi connectivity index (χ0v) is 22.3. The quantitative estimate of drug-likeness (QED) is 0.523. The van der Waals surface area contributed by atoms with Crippen molar-refractivity contribution in [1.82, 2.24) is 19.9 Å². The van der Waals surface area contributed by atoms with Crippen molar-refractivity contribution in [1.29, 1.82) is 0 Å². The fourth-order valence-corrected chi connectivity index (χ4v) is 7.19. The van der Waals surface area contributed by atoms with Crippen molar-refractivity contribution in [3.8, 4) is 0 Å². The Morgan fingerprint density at radius 1 is 1.08 bits per heavy atom. The zero-order valence-electron chi connectivity index (χ0n) is 22.3. The predicted molar refractivity (Wildman–Crippen MR) is 137 cm³/mol. The number of ether oxygens (including phenoxy) is 1. The molecule has 0 bridgehead atoms. The number of carbonyl (C=O) groups is 2. The van der Waals surface area contributed by atoms with E-state index < -0.39 is 0 Å². The van der Waals surface area contributed by atoms with Gasteiger partial charge in [0.05, 0.1) is 12.2 Å². The summed E-state index contributed by atoms with van der Waals surface area (Å²) in [6.07, 6.45) is 15.1. The van der Waals surface area contributed by atoms with Gasteiger partial charge >= 0.3 is 6.09 Å². The normalized spacial score (nSPS) is 26.1. The van der Waals surface area contributed by atoms with Crippen LogP contribution in [0.25, 0.3) is 0 Å². The molecule has 0 radical (unpaired) electrons. The Kier molecular flexibility index (Phi) is 7.89. The largest absolute Gasteiger partial charge is 0.440 e. The monoisotopic (exact) mass is 500 g/mol. The highest BCUT2D eigenvalue weighted by molar-refractivity contribution is 5.94. The highest BCUT2D eigenvalue weighted by atomic mass is 16.6. The van der Waals surface area contributed by atoms with Gasteiger partial charge in [-0.3, -0.25) is 9.69 Å². The molecule has 2 amide bonds. The number of piperidine rings is 2. The smallest absolute Gasteiger partial charge is 0.410 e. The van der Waals surface area contributed by atoms with E-state index in [-0.39, 0.29) is 23.6 Å². The first kappa shape index (κ1) is 25.6. The third-order valence-electron chi connectivity index (χ3n) is 9.41. The van der Waals surface area contributed by atoms with Crippen molar-refractivity contribution >= 4 is 12.0 Å². The first-order valence-corrected chi connectivity index (χ1v) is 14.4. The van der Waals surface area contributed by atoms with Gasteiger partial charge in [0.2, 0.25) is 0 Å². The topological polar surface area (TPSA) is 79.1 Å². The lowest BCUT2D eigenvalue weighted by Gasteiger charge is -2.46. The Morgan fingerprint density at radius 3 is 2.44 bits per heavy atom. The molecule has 3 aliphatic heterocycles. The second-order valence-corrected chi connectivity index (χ2v) is 11.6. The van der Waals surface area contributed by atoms with Gasteiger partial charge in [0.1, 0.15) is 16.9 Å². The number of aryl methyl sites for hydroxylation is 1. The summed E-state index contributed by atoms with van der Waals surface area (Å²) in [5.74, 6) is 1.25. The second-order valence-electron chi connectivity index (χ2n) is 11.6. The van der Waals surface area contributed by atoms with E-state index in [9.17, 15) is 9.59 Å². The molecule has 1 spiro atoms. The van der Waals surface area contributed by atoms with Crippen LogP contribution in [-0.4, -0.2) is 82.3 Å². The molecule has 1 atom stereocenters. The number of carbonyl (C=O) groups excluding carboxylic acids is 2. The summed E-state index contributed by atoms with van der Waals surface area (Å²) in [7, 11) is 0. The van der Waals surface area contributed by atoms with E-state index in [1.54, 1.807) is 6.92 Å². The fraction of sp³-hybridized carbons (Fsp3) is 0.821. The maximum absolute atomic E-state index is 13.1. The van der Waals surface area contributed by atoms with Gasteiger partial charge in [0.25, 0.3) is 5.91 Å². The molecule has 200 valence electrons. The van der Waals surface area contributed by atoms with E-state index in [2.05, 4.69) is 21.9 Å². The molecule has 4 heterocycles. The maximum atomic E-state index is 13.1. The molecule has 0 aromatic carbocycles. The minimum atomic E-state index is -0.320. The number of hydrogen-bond acceptors (Lipinski definition) is 6. The van der Waals surface area contributed by atoms with E-state index in [1.807, 2.05) is 4.90 Å². The number of likely N-dealkylation sites (tertiary alicyclic amines) is 2. The lowest BCUT2D eigenvalue weighted by molar-refractivity contribution is -0.0385. The van der Waals surface area contributed by atoms with Gasteiger partial charge in [-0.25, -0.2) is 4.79 Å². The molecule has 1 aromatic rings. The van der Waals surface area contributed by atoms with Crippen molar-refractivity contribution in [2.75, 3.05) is 32.7 Å². The number of nitrogens with zero attached hydrogens (tertiary/aromatic N) is 4. The molecule has 1 unspecified atom stereocenters. The second kappa shape index (κ2) is 11.1. The molecule has 1 saturated carbocycles. The van der Waals surface area contributed by atoms with Crippen LogP contribution in [0.2, 0.25) is 0 Å². The van der Waals surface area contributed by atoms with Crippen molar-refractivity contribution in [3.63, 3.8) is 0 Å². The van der Waals surface area contributed by atoms with E-state index in [4.69, 9.17) is 9.26 Å². The predicted octanol–water partition coefficient (Wildman–Crippen LogP) is 5.01. The van der Waals surface area contributed by atoms with Crippen molar-refractivity contribution in [2.45, 2.75) is 109 Å². The molecular formula is C28H44N4O4. The molecule has 3 saturated heterocycles. The average Bonchev–Trinajstić information content (AvgIpc) is 3.44. The fourth-order valence-electron chi connectivity index (χ4n) is 7.19. The van der Waals surface area contributed by atoms with Crippen molar-refractivity contribution < 1.29 is 18.8 Å². The minimum absolute atomic E-state index is 0.0273. The standard InChI is InChI=1S/C28H44N4O4/c1-3-4-10-25-28(35-27(34)32(25)20-22-8-6-5-7-9-22)13-17-30(18-14-28)23-11-15-31(16-12-23)26(33)24-19-29-36-21(24)2/h19,22-23,25H,3-18,20H2,1-2H3. The summed E-state index contributed by atoms with van der Waals surface area (Å²) in [6, 6.07) is 0.708. The summed E-state index contributed by atoms with van der Waals surface area (Å²) >= 11 is 0. The average molecular weight is 501 g/mol. The zero-order chi connectivity index (χ0) is 25.1. The summed E-state index contributed by atoms with van der Waals surface area (Å²) in [5.41, 5.74) is 0.257.